The summed E-state index contributed by atoms with van der Waals surface area (Å²) in [5.74, 6) is 0. The molecule has 0 spiro atoms. The highest BCUT2D eigenvalue weighted by Gasteiger charge is 2.24. The Hall–Kier alpha value is 0.190. The molecular weight excluding hydrogens is 157 g/mol. The van der Waals surface area contributed by atoms with Crippen molar-refractivity contribution in [2.45, 2.75) is 39.8 Å². The number of nitrogens with zero attached hydrogens (tertiary/aromatic N) is 1. The molecule has 0 unspecified atom stereocenters. The van der Waals surface area contributed by atoms with Crippen molar-refractivity contribution in [1.29, 1.82) is 0 Å². The lowest BCUT2D eigenvalue weighted by Gasteiger charge is -2.33. The minimum absolute atomic E-state index is 0.371. The predicted molar refractivity (Wildman–Crippen MR) is 51.6 cm³/mol. The normalized spacial score (nSPS) is 13.5. The molecule has 0 aliphatic carbocycles. The second kappa shape index (κ2) is 3.73. The molecule has 68 valence electrons. The van der Waals surface area contributed by atoms with Crippen LogP contribution in [0.25, 0.3) is 0 Å². The van der Waals surface area contributed by atoms with Crippen LogP contribution in [0.1, 0.15) is 27.7 Å². The minimum Gasteiger partial charge on any atom is -0.307 e. The Morgan fingerprint density at radius 3 is 1.27 bits per heavy atom. The predicted octanol–water partition coefficient (Wildman–Crippen LogP) is 2.64. The van der Waals surface area contributed by atoms with Crippen molar-refractivity contribution in [1.82, 2.24) is 4.67 Å². The molecule has 3 heteroatoms. The van der Waals surface area contributed by atoms with Crippen molar-refractivity contribution in [2.75, 3.05) is 13.3 Å². The molecule has 0 saturated heterocycles. The zero-order chi connectivity index (χ0) is 9.23. The summed E-state index contributed by atoms with van der Waals surface area (Å²) in [5, 5.41) is 0. The molecule has 0 bridgehead atoms. The third-order valence-corrected chi connectivity index (χ3v) is 3.65. The Morgan fingerprint density at radius 2 is 1.27 bits per heavy atom. The SMILES string of the molecule is CC(C)N(C(C)C)P(C)(C)=O. The summed E-state index contributed by atoms with van der Waals surface area (Å²) in [6.07, 6.45) is 0. The minimum atomic E-state index is -2.05. The molecule has 0 heterocycles. The molecule has 0 aliphatic heterocycles. The van der Waals surface area contributed by atoms with Crippen molar-refractivity contribution < 1.29 is 4.57 Å². The molecule has 0 aromatic rings. The quantitative estimate of drug-likeness (QED) is 0.618. The first kappa shape index (κ1) is 11.2. The van der Waals surface area contributed by atoms with E-state index >= 15 is 0 Å². The van der Waals surface area contributed by atoms with Gasteiger partial charge < -0.3 is 4.57 Å². The Bertz CT molecular complexity index is 151. The molecule has 0 rings (SSSR count). The standard InChI is InChI=1S/C8H20NOP/c1-7(2)9(8(3)4)11(5,6)10/h7-8H,1-6H3. The summed E-state index contributed by atoms with van der Waals surface area (Å²) in [5.41, 5.74) is 0. The number of hydrogen-bond acceptors (Lipinski definition) is 1. The average Bonchev–Trinajstić information content (AvgIpc) is 1.54. The monoisotopic (exact) mass is 177 g/mol. The molecule has 0 atom stereocenters. The molecule has 0 aromatic heterocycles. The molecule has 0 fully saturated rings. The summed E-state index contributed by atoms with van der Waals surface area (Å²) in [6.45, 7) is 12.0. The molecular formula is C8H20NOP. The second-order valence-corrected chi connectivity index (χ2v) is 6.91. The molecule has 0 amide bonds. The van der Waals surface area contributed by atoms with Gasteiger partial charge in [0.2, 0.25) is 0 Å². The summed E-state index contributed by atoms with van der Waals surface area (Å²) >= 11 is 0. The van der Waals surface area contributed by atoms with Gasteiger partial charge in [0.25, 0.3) is 0 Å². The molecule has 0 saturated carbocycles. The van der Waals surface area contributed by atoms with Gasteiger partial charge in [-0.15, -0.1) is 0 Å². The Balaban J connectivity index is 4.49. The van der Waals surface area contributed by atoms with Crippen molar-refractivity contribution in [2.24, 2.45) is 0 Å². The second-order valence-electron chi connectivity index (χ2n) is 3.86. The lowest BCUT2D eigenvalue weighted by molar-refractivity contribution is 0.303. The summed E-state index contributed by atoms with van der Waals surface area (Å²) < 4.78 is 13.8. The van der Waals surface area contributed by atoms with Crippen molar-refractivity contribution in [3.63, 3.8) is 0 Å². The van der Waals surface area contributed by atoms with Gasteiger partial charge in [-0.2, -0.15) is 0 Å². The van der Waals surface area contributed by atoms with Gasteiger partial charge in [-0.1, -0.05) is 0 Å². The summed E-state index contributed by atoms with van der Waals surface area (Å²) in [6, 6.07) is 0.742. The maximum absolute atomic E-state index is 11.7. The Labute approximate surface area is 70.4 Å². The van der Waals surface area contributed by atoms with E-state index in [1.807, 2.05) is 13.3 Å². The Kier molecular flexibility index (Phi) is 3.79. The highest BCUT2D eigenvalue weighted by molar-refractivity contribution is 7.59. The van der Waals surface area contributed by atoms with Gasteiger partial charge in [-0.05, 0) is 27.7 Å². The van der Waals surface area contributed by atoms with Crippen LogP contribution in [0.4, 0.5) is 0 Å². The lowest BCUT2D eigenvalue weighted by Crippen LogP contribution is -2.33. The van der Waals surface area contributed by atoms with E-state index in [-0.39, 0.29) is 0 Å². The van der Waals surface area contributed by atoms with Crippen LogP contribution in [0, 0.1) is 0 Å². The van der Waals surface area contributed by atoms with E-state index in [0.717, 1.165) is 0 Å². The van der Waals surface area contributed by atoms with Crippen LogP contribution in [-0.2, 0) is 4.57 Å². The molecule has 11 heavy (non-hydrogen) atoms. The molecule has 0 aliphatic rings. The topological polar surface area (TPSA) is 20.3 Å². The first-order chi connectivity index (χ1) is 4.76. The van der Waals surface area contributed by atoms with Crippen molar-refractivity contribution >= 4 is 7.29 Å². The van der Waals surface area contributed by atoms with Gasteiger partial charge in [-0.25, -0.2) is 4.67 Å². The third kappa shape index (κ3) is 3.39. The van der Waals surface area contributed by atoms with Gasteiger partial charge in [-0.3, -0.25) is 0 Å². The van der Waals surface area contributed by atoms with E-state index in [0.29, 0.717) is 12.1 Å². The molecule has 2 nitrogen and oxygen atoms in total. The van der Waals surface area contributed by atoms with Crippen LogP contribution in [0.2, 0.25) is 0 Å². The van der Waals surface area contributed by atoms with Crippen molar-refractivity contribution in [3.8, 4) is 0 Å². The van der Waals surface area contributed by atoms with E-state index in [2.05, 4.69) is 32.4 Å². The van der Waals surface area contributed by atoms with Gasteiger partial charge in [0, 0.05) is 25.4 Å². The maximum Gasteiger partial charge on any atom is 0.144 e. The van der Waals surface area contributed by atoms with Crippen LogP contribution in [0.5, 0.6) is 0 Å². The van der Waals surface area contributed by atoms with E-state index in [1.54, 1.807) is 0 Å². The fourth-order valence-electron chi connectivity index (χ4n) is 1.71. The summed E-state index contributed by atoms with van der Waals surface area (Å²) in [4.78, 5) is 0. The van der Waals surface area contributed by atoms with Gasteiger partial charge in [0.1, 0.15) is 7.29 Å². The average molecular weight is 177 g/mol. The van der Waals surface area contributed by atoms with Gasteiger partial charge in [0.15, 0.2) is 0 Å². The molecule has 0 aromatic carbocycles. The zero-order valence-electron chi connectivity index (χ0n) is 8.46. The van der Waals surface area contributed by atoms with E-state index in [4.69, 9.17) is 0 Å². The highest BCUT2D eigenvalue weighted by Crippen LogP contribution is 2.44. The Morgan fingerprint density at radius 1 is 1.00 bits per heavy atom. The fourth-order valence-corrected chi connectivity index (χ4v) is 3.93. The molecule has 0 radical (unpaired) electrons. The van der Waals surface area contributed by atoms with Crippen LogP contribution in [-0.4, -0.2) is 30.1 Å². The van der Waals surface area contributed by atoms with Crippen LogP contribution in [0.3, 0.4) is 0 Å². The van der Waals surface area contributed by atoms with Crippen LogP contribution in [0.15, 0.2) is 0 Å². The van der Waals surface area contributed by atoms with Gasteiger partial charge in [0.05, 0.1) is 0 Å². The van der Waals surface area contributed by atoms with E-state index in [1.165, 1.54) is 0 Å². The highest BCUT2D eigenvalue weighted by atomic mass is 31.2. The fraction of sp³-hybridized carbons (Fsp3) is 1.00. The third-order valence-electron chi connectivity index (χ3n) is 1.61. The van der Waals surface area contributed by atoms with Crippen molar-refractivity contribution in [3.05, 3.63) is 0 Å². The maximum atomic E-state index is 11.7. The number of hydrogen-bond donors (Lipinski definition) is 0. The van der Waals surface area contributed by atoms with E-state index in [9.17, 15) is 4.57 Å². The smallest absolute Gasteiger partial charge is 0.144 e. The van der Waals surface area contributed by atoms with Gasteiger partial charge >= 0.3 is 0 Å². The largest absolute Gasteiger partial charge is 0.307 e. The lowest BCUT2D eigenvalue weighted by atomic mass is 10.3. The van der Waals surface area contributed by atoms with E-state index < -0.39 is 7.29 Å². The number of rotatable bonds is 3. The summed E-state index contributed by atoms with van der Waals surface area (Å²) in [7, 11) is -2.05. The zero-order valence-corrected chi connectivity index (χ0v) is 9.35. The van der Waals surface area contributed by atoms with Crippen LogP contribution < -0.4 is 0 Å². The van der Waals surface area contributed by atoms with Crippen LogP contribution >= 0.6 is 7.29 Å². The first-order valence-corrected chi connectivity index (χ1v) is 6.66. The first-order valence-electron chi connectivity index (χ1n) is 4.10. The molecule has 0 N–H and O–H groups in total.